The van der Waals surface area contributed by atoms with Crippen molar-refractivity contribution < 1.29 is 54.9 Å². The Balaban J connectivity index is 1.20. The van der Waals surface area contributed by atoms with Gasteiger partial charge < -0.3 is 49.8 Å². The minimum atomic E-state index is -4.34. The fourth-order valence-corrected chi connectivity index (χ4v) is 12.9. The number of benzene rings is 1. The van der Waals surface area contributed by atoms with Gasteiger partial charge in [-0.3, -0.25) is 23.7 Å². The molecular formula is C52H82N8O13SSi2. The highest BCUT2D eigenvalue weighted by Crippen LogP contribution is 2.52. The van der Waals surface area contributed by atoms with Crippen molar-refractivity contribution in [2.45, 2.75) is 193 Å². The molecule has 5 amide bonds. The number of hydrogen-bond donors (Lipinski definition) is 4. The highest BCUT2D eigenvalue weighted by atomic mass is 32.2. The number of alkyl carbamates (subject to hydrolysis) is 1. The Morgan fingerprint density at radius 1 is 0.842 bits per heavy atom. The summed E-state index contributed by atoms with van der Waals surface area (Å²) < 4.78 is 59.5. The summed E-state index contributed by atoms with van der Waals surface area (Å²) in [6.07, 6.45) is -1.46. The molecule has 4 aliphatic heterocycles. The van der Waals surface area contributed by atoms with E-state index in [9.17, 15) is 37.2 Å². The third-order valence-electron chi connectivity index (χ3n) is 16.0. The Morgan fingerprint density at radius 3 is 1.89 bits per heavy atom. The lowest BCUT2D eigenvalue weighted by molar-refractivity contribution is -0.144. The van der Waals surface area contributed by atoms with Gasteiger partial charge in [-0.05, 0) is 86.3 Å². The summed E-state index contributed by atoms with van der Waals surface area (Å²) in [7, 11) is -9.66. The van der Waals surface area contributed by atoms with Crippen LogP contribution in [0.1, 0.15) is 112 Å². The molecule has 1 aromatic carbocycles. The van der Waals surface area contributed by atoms with Crippen molar-refractivity contribution in [3.05, 3.63) is 69.2 Å². The maximum Gasteiger partial charge on any atom is 0.408 e. The van der Waals surface area contributed by atoms with Gasteiger partial charge >= 0.3 is 11.8 Å². The summed E-state index contributed by atoms with van der Waals surface area (Å²) in [4.78, 5) is 91.3. The molecule has 1 spiro atoms. The molecule has 0 bridgehead atoms. The van der Waals surface area contributed by atoms with Crippen LogP contribution in [0.4, 0.5) is 10.6 Å². The number of carbonyl (C=O) groups is 5. The zero-order valence-corrected chi connectivity index (χ0v) is 49.8. The van der Waals surface area contributed by atoms with Crippen molar-refractivity contribution in [3.8, 4) is 0 Å². The number of rotatable bonds is 17. The largest absolute Gasteiger partial charge is 0.445 e. The predicted octanol–water partition coefficient (Wildman–Crippen LogP) is 5.77. The molecule has 5 heterocycles. The minimum Gasteiger partial charge on any atom is -0.445 e. The zero-order valence-electron chi connectivity index (χ0n) is 47.0. The van der Waals surface area contributed by atoms with Crippen molar-refractivity contribution in [3.63, 3.8) is 0 Å². The maximum absolute atomic E-state index is 14.5. The molecule has 4 aliphatic rings. The Kier molecular flexibility index (Phi) is 18.1. The number of hydrogen-bond acceptors (Lipinski definition) is 15. The van der Waals surface area contributed by atoms with Crippen molar-refractivity contribution in [2.24, 2.45) is 17.6 Å². The monoisotopic (exact) mass is 1110 g/mol. The molecule has 0 radical (unpaired) electrons. The van der Waals surface area contributed by atoms with Gasteiger partial charge in [0.15, 0.2) is 28.5 Å². The van der Waals surface area contributed by atoms with E-state index in [1.54, 1.807) is 34.6 Å². The standard InChI is InChI=1S/C52H82N8O13SSi2/c1-31(2)39(54-43(61)35-23-19-25-58(35)46(64)40(32(3)4)55-49(66)69-28-34-21-17-16-18-22-34)45(63)59-26-20-24-36(59)44(62)56-42-33(5)27-60(48(65)57-42)47-41(72-76(14,15)51(9,10)11)52(37(53)30-74(67,68)73-52)38(71-47)29-70-75(12,13)50(6,7)8/h16-18,21-22,27,30-32,35-36,38-41,47H,19-20,23-26,28-29,53H2,1-15H3,(H,54,61)(H,55,66)(H,56,57,62,65)/t35-,36-,38+,39-,40-,41-,47+,52+/m0/s1. The van der Waals surface area contributed by atoms with E-state index in [0.717, 1.165) is 11.0 Å². The topological polar surface area (TPSA) is 269 Å². The van der Waals surface area contributed by atoms with Gasteiger partial charge in [0, 0.05) is 24.8 Å². The SMILES string of the molecule is Cc1cn([C@@H]2O[C@H](CO[Si](C)(C)C(C)(C)C)[C@@]3(OS(=O)(=O)C=C3N)[C@H]2O[Si](C)(C)C(C)(C)C)c(=O)nc1NC(=O)[C@@H]1CCCN1C(=O)[C@@H](NC(=O)[C@@H]1CCCN1C(=O)[C@@H](NC(=O)OCc1ccccc1)C(C)C)C(C)C. The predicted molar refractivity (Wildman–Crippen MR) is 291 cm³/mol. The molecule has 3 fully saturated rings. The maximum atomic E-state index is 14.5. The normalized spacial score (nSPS) is 24.7. The van der Waals surface area contributed by atoms with Crippen LogP contribution in [0, 0.1) is 18.8 Å². The van der Waals surface area contributed by atoms with Gasteiger partial charge in [0.2, 0.25) is 23.6 Å². The van der Waals surface area contributed by atoms with Crippen molar-refractivity contribution in [2.75, 3.05) is 25.0 Å². The van der Waals surface area contributed by atoms with Crippen LogP contribution in [0.3, 0.4) is 0 Å². The van der Waals surface area contributed by atoms with E-state index >= 15 is 0 Å². The summed E-state index contributed by atoms with van der Waals surface area (Å²) in [5.41, 5.74) is 4.84. The van der Waals surface area contributed by atoms with Crippen LogP contribution in [-0.4, -0.2) is 136 Å². The fourth-order valence-electron chi connectivity index (χ4n) is 9.42. The summed E-state index contributed by atoms with van der Waals surface area (Å²) in [5, 5.41) is 8.58. The Bertz CT molecular complexity index is 2710. The average Bonchev–Trinajstić information content (AvgIpc) is 4.11. The van der Waals surface area contributed by atoms with E-state index in [0.29, 0.717) is 24.8 Å². The molecule has 3 saturated heterocycles. The van der Waals surface area contributed by atoms with E-state index in [-0.39, 0.29) is 55.2 Å². The highest BCUT2D eigenvalue weighted by molar-refractivity contribution is 7.90. The van der Waals surface area contributed by atoms with Gasteiger partial charge in [0.05, 0.1) is 17.7 Å². The number of amides is 5. The number of likely N-dealkylation sites (tertiary alicyclic amines) is 2. The van der Waals surface area contributed by atoms with Crippen LogP contribution in [-0.2, 0) is 58.4 Å². The molecule has 21 nitrogen and oxygen atoms in total. The number of nitrogens with two attached hydrogens (primary N) is 1. The molecule has 422 valence electrons. The third kappa shape index (κ3) is 12.8. The number of nitrogens with one attached hydrogen (secondary N) is 3. The summed E-state index contributed by atoms with van der Waals surface area (Å²) in [6.45, 7) is 29.4. The third-order valence-corrected chi connectivity index (χ3v) is 26.1. The summed E-state index contributed by atoms with van der Waals surface area (Å²) in [6, 6.07) is 5.18. The number of carbonyl (C=O) groups excluding carboxylic acids is 5. The van der Waals surface area contributed by atoms with Crippen LogP contribution in [0.25, 0.3) is 0 Å². The van der Waals surface area contributed by atoms with Crippen LogP contribution in [0.2, 0.25) is 36.3 Å². The second kappa shape index (κ2) is 22.8. The van der Waals surface area contributed by atoms with Crippen LogP contribution >= 0.6 is 0 Å². The van der Waals surface area contributed by atoms with Crippen LogP contribution in [0.15, 0.2) is 52.4 Å². The van der Waals surface area contributed by atoms with Crippen molar-refractivity contribution in [1.82, 2.24) is 30.0 Å². The smallest absolute Gasteiger partial charge is 0.408 e. The molecule has 2 aromatic rings. The first-order valence-electron chi connectivity index (χ1n) is 26.3. The molecule has 0 unspecified atom stereocenters. The lowest BCUT2D eigenvalue weighted by Gasteiger charge is -2.43. The lowest BCUT2D eigenvalue weighted by Crippen LogP contribution is -2.59. The molecule has 76 heavy (non-hydrogen) atoms. The van der Waals surface area contributed by atoms with Crippen molar-refractivity contribution >= 4 is 62.3 Å². The van der Waals surface area contributed by atoms with Gasteiger partial charge in [-0.1, -0.05) is 99.6 Å². The van der Waals surface area contributed by atoms with Gasteiger partial charge in [0.1, 0.15) is 48.8 Å². The first kappa shape index (κ1) is 60.2. The number of nitrogens with zero attached hydrogens (tertiary/aromatic N) is 4. The van der Waals surface area contributed by atoms with Gasteiger partial charge in [-0.2, -0.15) is 13.4 Å². The Morgan fingerprint density at radius 2 is 1.38 bits per heavy atom. The molecule has 1 aromatic heterocycles. The van der Waals surface area contributed by atoms with Crippen LogP contribution in [0.5, 0.6) is 0 Å². The molecule has 8 atom stereocenters. The van der Waals surface area contributed by atoms with E-state index in [1.807, 2.05) is 77.3 Å². The molecule has 0 saturated carbocycles. The van der Waals surface area contributed by atoms with Gasteiger partial charge in [-0.25, -0.2) is 13.8 Å². The minimum absolute atomic E-state index is 0.0128. The number of aryl methyl sites for hydroxylation is 1. The quantitative estimate of drug-likeness (QED) is 0.108. The first-order valence-corrected chi connectivity index (χ1v) is 33.6. The summed E-state index contributed by atoms with van der Waals surface area (Å²) >= 11 is 0. The Labute approximate surface area is 450 Å². The molecule has 6 rings (SSSR count). The van der Waals surface area contributed by atoms with Gasteiger partial charge in [-0.15, -0.1) is 0 Å². The highest BCUT2D eigenvalue weighted by Gasteiger charge is 2.67. The average molecular weight is 1120 g/mol. The van der Waals surface area contributed by atoms with E-state index in [1.165, 1.54) is 20.6 Å². The van der Waals surface area contributed by atoms with Crippen LogP contribution < -0.4 is 27.4 Å². The van der Waals surface area contributed by atoms with E-state index < -0.39 is 121 Å². The number of ether oxygens (including phenoxy) is 2. The molecule has 0 aliphatic carbocycles. The fraction of sp³-hybridized carbons (Fsp3) is 0.673. The second-order valence-corrected chi connectivity index (χ2v) is 35.3. The first-order chi connectivity index (χ1) is 35.1. The Hall–Kier alpha value is -4.99. The van der Waals surface area contributed by atoms with E-state index in [4.69, 9.17) is 28.2 Å². The molecule has 5 N–H and O–H groups in total. The number of aromatic nitrogens is 2. The number of anilines is 1. The second-order valence-electron chi connectivity index (χ2n) is 24.3. The zero-order chi connectivity index (χ0) is 56.7. The summed E-state index contributed by atoms with van der Waals surface area (Å²) in [5.74, 6) is -2.91. The van der Waals surface area contributed by atoms with Gasteiger partial charge in [0.25, 0.3) is 10.1 Å². The molecular weight excluding hydrogens is 1030 g/mol. The van der Waals surface area contributed by atoms with Crippen molar-refractivity contribution in [1.29, 1.82) is 0 Å². The lowest BCUT2D eigenvalue weighted by atomic mass is 9.89. The molecule has 24 heteroatoms. The van der Waals surface area contributed by atoms with E-state index in [2.05, 4.69) is 41.7 Å².